The quantitative estimate of drug-likeness (QED) is 0.452. The average molecular weight is 397 g/mol. The molecule has 1 aliphatic rings. The summed E-state index contributed by atoms with van der Waals surface area (Å²) in [6.45, 7) is 2.80. The molecule has 6 heteroatoms. The SMILES string of the molecule is CCC1=C(c2cccc3c2nc(Nc2ccccc2F)c2ccncc23)NC=NC1. The van der Waals surface area contributed by atoms with E-state index in [4.69, 9.17) is 4.98 Å². The second-order valence-electron chi connectivity index (χ2n) is 7.13. The maximum Gasteiger partial charge on any atom is 0.146 e. The van der Waals surface area contributed by atoms with E-state index < -0.39 is 0 Å². The van der Waals surface area contributed by atoms with Crippen LogP contribution in [0.25, 0.3) is 27.4 Å². The molecule has 0 fully saturated rings. The van der Waals surface area contributed by atoms with Gasteiger partial charge in [-0.05, 0) is 30.2 Å². The molecule has 30 heavy (non-hydrogen) atoms. The molecule has 0 saturated carbocycles. The van der Waals surface area contributed by atoms with E-state index in [1.54, 1.807) is 30.7 Å². The van der Waals surface area contributed by atoms with Gasteiger partial charge in [-0.2, -0.15) is 0 Å². The molecule has 0 spiro atoms. The monoisotopic (exact) mass is 397 g/mol. The molecule has 5 nitrogen and oxygen atoms in total. The first kappa shape index (κ1) is 18.2. The number of halogens is 1. The van der Waals surface area contributed by atoms with Gasteiger partial charge < -0.3 is 10.6 Å². The van der Waals surface area contributed by atoms with E-state index in [1.807, 2.05) is 24.4 Å². The van der Waals surface area contributed by atoms with Crippen LogP contribution in [-0.2, 0) is 0 Å². The normalized spacial score (nSPS) is 13.7. The van der Waals surface area contributed by atoms with Gasteiger partial charge >= 0.3 is 0 Å². The molecular formula is C24H20FN5. The predicted molar refractivity (Wildman–Crippen MR) is 120 cm³/mol. The molecule has 2 N–H and O–H groups in total. The van der Waals surface area contributed by atoms with Crippen molar-refractivity contribution in [3.05, 3.63) is 77.9 Å². The van der Waals surface area contributed by atoms with Crippen molar-refractivity contribution in [1.29, 1.82) is 0 Å². The third-order valence-electron chi connectivity index (χ3n) is 5.38. The Balaban J connectivity index is 1.78. The third kappa shape index (κ3) is 3.06. The molecule has 4 aromatic rings. The average Bonchev–Trinajstić information content (AvgIpc) is 2.80. The second-order valence-corrected chi connectivity index (χ2v) is 7.13. The summed E-state index contributed by atoms with van der Waals surface area (Å²) in [7, 11) is 0. The zero-order valence-electron chi connectivity index (χ0n) is 16.5. The fourth-order valence-corrected chi connectivity index (χ4v) is 3.86. The van der Waals surface area contributed by atoms with Gasteiger partial charge in [0.2, 0.25) is 0 Å². The van der Waals surface area contributed by atoms with Gasteiger partial charge in [0.15, 0.2) is 0 Å². The Bertz CT molecular complexity index is 1330. The fraction of sp³-hybridized carbons (Fsp3) is 0.125. The number of rotatable bonds is 4. The molecule has 2 aromatic heterocycles. The zero-order valence-corrected chi connectivity index (χ0v) is 16.5. The molecule has 0 atom stereocenters. The van der Waals surface area contributed by atoms with Crippen LogP contribution in [0.2, 0.25) is 0 Å². The number of anilines is 2. The van der Waals surface area contributed by atoms with Crippen molar-refractivity contribution < 1.29 is 4.39 Å². The molecule has 5 rings (SSSR count). The lowest BCUT2D eigenvalue weighted by molar-refractivity contribution is 0.632. The number of fused-ring (bicyclic) bond motifs is 3. The van der Waals surface area contributed by atoms with Gasteiger partial charge in [0.25, 0.3) is 0 Å². The van der Waals surface area contributed by atoms with E-state index in [-0.39, 0.29) is 5.82 Å². The van der Waals surface area contributed by atoms with Crippen LogP contribution in [0.3, 0.4) is 0 Å². The fourth-order valence-electron chi connectivity index (χ4n) is 3.86. The Hall–Kier alpha value is -3.80. The Morgan fingerprint density at radius 3 is 2.80 bits per heavy atom. The molecule has 148 valence electrons. The van der Waals surface area contributed by atoms with Crippen LogP contribution in [0, 0.1) is 5.82 Å². The van der Waals surface area contributed by atoms with E-state index in [9.17, 15) is 4.39 Å². The van der Waals surface area contributed by atoms with Crippen LogP contribution in [0.1, 0.15) is 18.9 Å². The van der Waals surface area contributed by atoms with Gasteiger partial charge in [-0.15, -0.1) is 0 Å². The number of hydrogen-bond donors (Lipinski definition) is 2. The van der Waals surface area contributed by atoms with Crippen molar-refractivity contribution in [2.45, 2.75) is 13.3 Å². The topological polar surface area (TPSA) is 62.2 Å². The van der Waals surface area contributed by atoms with Gasteiger partial charge in [-0.3, -0.25) is 9.98 Å². The van der Waals surface area contributed by atoms with E-state index in [1.165, 1.54) is 11.6 Å². The highest BCUT2D eigenvalue weighted by molar-refractivity contribution is 6.12. The molecule has 0 radical (unpaired) electrons. The van der Waals surface area contributed by atoms with Crippen LogP contribution >= 0.6 is 0 Å². The van der Waals surface area contributed by atoms with Crippen LogP contribution in [0.4, 0.5) is 15.9 Å². The standard InChI is InChI=1S/C24H20FN5/c1-2-15-12-27-14-28-22(15)18-7-5-6-16-19-13-26-11-10-17(19)24(30-23(16)18)29-21-9-4-3-8-20(21)25/h3-11,13-14H,2,12H2,1H3,(H,27,28)(H,29,30). The Labute approximate surface area is 173 Å². The summed E-state index contributed by atoms with van der Waals surface area (Å²) in [6.07, 6.45) is 6.18. The number of hydrogen-bond acceptors (Lipinski definition) is 5. The minimum Gasteiger partial charge on any atom is -0.346 e. The van der Waals surface area contributed by atoms with Crippen molar-refractivity contribution in [2.75, 3.05) is 11.9 Å². The van der Waals surface area contributed by atoms with E-state index in [2.05, 4.69) is 33.6 Å². The van der Waals surface area contributed by atoms with Gasteiger partial charge in [-0.25, -0.2) is 9.37 Å². The number of para-hydroxylation sites is 2. The molecule has 2 aromatic carbocycles. The lowest BCUT2D eigenvalue weighted by Gasteiger charge is -2.19. The van der Waals surface area contributed by atoms with Gasteiger partial charge in [-0.1, -0.05) is 37.3 Å². The highest BCUT2D eigenvalue weighted by atomic mass is 19.1. The maximum atomic E-state index is 14.3. The first-order valence-electron chi connectivity index (χ1n) is 9.91. The lowest BCUT2D eigenvalue weighted by atomic mass is 9.98. The van der Waals surface area contributed by atoms with Crippen LogP contribution in [0.5, 0.6) is 0 Å². The number of aromatic nitrogens is 2. The Morgan fingerprint density at radius 2 is 1.93 bits per heavy atom. The first-order valence-corrected chi connectivity index (χ1v) is 9.91. The van der Waals surface area contributed by atoms with Crippen molar-refractivity contribution in [3.63, 3.8) is 0 Å². The molecule has 0 saturated heterocycles. The summed E-state index contributed by atoms with van der Waals surface area (Å²) in [5.41, 5.74) is 4.47. The van der Waals surface area contributed by atoms with E-state index in [0.29, 0.717) is 18.1 Å². The number of nitrogens with one attached hydrogen (secondary N) is 2. The molecule has 0 bridgehead atoms. The second kappa shape index (κ2) is 7.55. The number of aliphatic imine (C=N–C) groups is 1. The highest BCUT2D eigenvalue weighted by Gasteiger charge is 2.17. The zero-order chi connectivity index (χ0) is 20.5. The van der Waals surface area contributed by atoms with Gasteiger partial charge in [0.05, 0.1) is 24.1 Å². The minimum absolute atomic E-state index is 0.323. The molecule has 1 aliphatic heterocycles. The summed E-state index contributed by atoms with van der Waals surface area (Å²) in [5, 5.41) is 9.35. The van der Waals surface area contributed by atoms with Gasteiger partial charge in [0.1, 0.15) is 11.6 Å². The van der Waals surface area contributed by atoms with Crippen molar-refractivity contribution >= 4 is 45.2 Å². The summed E-state index contributed by atoms with van der Waals surface area (Å²) >= 11 is 0. The number of pyridine rings is 2. The van der Waals surface area contributed by atoms with Crippen molar-refractivity contribution in [3.8, 4) is 0 Å². The lowest BCUT2D eigenvalue weighted by Crippen LogP contribution is -2.18. The summed E-state index contributed by atoms with van der Waals surface area (Å²) in [4.78, 5) is 13.6. The third-order valence-corrected chi connectivity index (χ3v) is 5.38. The first-order chi connectivity index (χ1) is 14.8. The molecule has 0 aliphatic carbocycles. The van der Waals surface area contributed by atoms with Crippen LogP contribution in [-0.4, -0.2) is 22.9 Å². The molecular weight excluding hydrogens is 377 g/mol. The van der Waals surface area contributed by atoms with Crippen molar-refractivity contribution in [1.82, 2.24) is 15.3 Å². The van der Waals surface area contributed by atoms with Gasteiger partial charge in [0, 0.05) is 39.8 Å². The maximum absolute atomic E-state index is 14.3. The summed E-state index contributed by atoms with van der Waals surface area (Å²) in [6, 6.07) is 14.6. The van der Waals surface area contributed by atoms with E-state index in [0.717, 1.165) is 39.4 Å². The van der Waals surface area contributed by atoms with Crippen LogP contribution < -0.4 is 10.6 Å². The Morgan fingerprint density at radius 1 is 1.03 bits per heavy atom. The predicted octanol–water partition coefficient (Wildman–Crippen LogP) is 5.42. The Kier molecular flexibility index (Phi) is 4.59. The molecule has 3 heterocycles. The molecule has 0 amide bonds. The minimum atomic E-state index is -0.323. The number of benzene rings is 2. The smallest absolute Gasteiger partial charge is 0.146 e. The van der Waals surface area contributed by atoms with E-state index >= 15 is 0 Å². The summed E-state index contributed by atoms with van der Waals surface area (Å²) < 4.78 is 14.3. The largest absolute Gasteiger partial charge is 0.346 e. The molecule has 0 unspecified atom stereocenters. The van der Waals surface area contributed by atoms with Crippen LogP contribution in [0.15, 0.2) is 71.5 Å². The highest BCUT2D eigenvalue weighted by Crippen LogP contribution is 2.35. The number of nitrogens with zero attached hydrogens (tertiary/aromatic N) is 3. The van der Waals surface area contributed by atoms with Crippen molar-refractivity contribution in [2.24, 2.45) is 4.99 Å². The summed E-state index contributed by atoms with van der Waals surface area (Å²) in [5.74, 6) is 0.275.